The lowest BCUT2D eigenvalue weighted by Crippen LogP contribution is -2.25. The Bertz CT molecular complexity index is 845. The fourth-order valence-corrected chi connectivity index (χ4v) is 3.09. The molecule has 25 heavy (non-hydrogen) atoms. The maximum Gasteiger partial charge on any atom is 0.151 e. The van der Waals surface area contributed by atoms with Gasteiger partial charge in [0.15, 0.2) is 5.76 Å². The molecule has 0 atom stereocenters. The highest BCUT2D eigenvalue weighted by molar-refractivity contribution is 5.58. The quantitative estimate of drug-likeness (QED) is 0.793. The van der Waals surface area contributed by atoms with E-state index >= 15 is 0 Å². The molecule has 1 aliphatic heterocycles. The van der Waals surface area contributed by atoms with E-state index in [2.05, 4.69) is 10.1 Å². The van der Waals surface area contributed by atoms with Crippen LogP contribution in [0, 0.1) is 0 Å². The summed E-state index contributed by atoms with van der Waals surface area (Å²) in [6, 6.07) is 17.8. The Kier molecular flexibility index (Phi) is 4.50. The molecule has 0 amide bonds. The van der Waals surface area contributed by atoms with Gasteiger partial charge >= 0.3 is 0 Å². The van der Waals surface area contributed by atoms with Gasteiger partial charge < -0.3 is 14.4 Å². The van der Waals surface area contributed by atoms with Crippen molar-refractivity contribution in [1.82, 2.24) is 10.1 Å². The van der Waals surface area contributed by atoms with Crippen molar-refractivity contribution in [3.63, 3.8) is 0 Å². The summed E-state index contributed by atoms with van der Waals surface area (Å²) in [7, 11) is 0. The minimum Gasteiger partial charge on any atom is -0.492 e. The monoisotopic (exact) mass is 336 g/mol. The molecule has 0 saturated carbocycles. The van der Waals surface area contributed by atoms with Crippen molar-refractivity contribution in [2.45, 2.75) is 19.7 Å². The van der Waals surface area contributed by atoms with Crippen LogP contribution >= 0.6 is 0 Å². The molecule has 2 aromatic carbocycles. The molecule has 0 spiro atoms. The number of aliphatic hydroxyl groups is 1. The molecule has 3 aromatic rings. The van der Waals surface area contributed by atoms with Gasteiger partial charge in [0.05, 0.1) is 13.2 Å². The van der Waals surface area contributed by atoms with Crippen LogP contribution in [0.5, 0.6) is 5.75 Å². The van der Waals surface area contributed by atoms with Gasteiger partial charge in [-0.3, -0.25) is 4.90 Å². The second-order valence-electron chi connectivity index (χ2n) is 6.20. The maximum atomic E-state index is 9.34. The van der Waals surface area contributed by atoms with E-state index in [1.165, 1.54) is 0 Å². The molecular weight excluding hydrogens is 316 g/mol. The number of fused-ring (bicyclic) bond motifs is 1. The van der Waals surface area contributed by atoms with Gasteiger partial charge in [-0.2, -0.15) is 0 Å². The maximum absolute atomic E-state index is 9.34. The molecule has 128 valence electrons. The van der Waals surface area contributed by atoms with Crippen molar-refractivity contribution >= 4 is 0 Å². The number of nitrogens with zero attached hydrogens (tertiary/aromatic N) is 2. The first kappa shape index (κ1) is 15.9. The molecule has 0 aliphatic carbocycles. The molecule has 1 N–H and O–H groups in total. The normalized spacial score (nSPS) is 14.6. The molecule has 4 rings (SSSR count). The van der Waals surface area contributed by atoms with Gasteiger partial charge in [0.25, 0.3) is 0 Å². The molecule has 2 heterocycles. The number of aromatic nitrogens is 1. The van der Waals surface area contributed by atoms with Crippen LogP contribution in [0.4, 0.5) is 0 Å². The molecule has 1 aromatic heterocycles. The first-order valence-corrected chi connectivity index (χ1v) is 8.40. The molecule has 1 aliphatic rings. The largest absolute Gasteiger partial charge is 0.492 e. The fraction of sp³-hybridized carbons (Fsp3) is 0.250. The number of rotatable bonds is 4. The molecular formula is C20H20N2O3. The van der Waals surface area contributed by atoms with E-state index in [0.717, 1.165) is 47.0 Å². The van der Waals surface area contributed by atoms with Gasteiger partial charge in [-0.05, 0) is 17.7 Å². The molecule has 0 radical (unpaired) electrons. The van der Waals surface area contributed by atoms with Gasteiger partial charge in [0, 0.05) is 30.3 Å². The van der Waals surface area contributed by atoms with Gasteiger partial charge in [-0.25, -0.2) is 0 Å². The van der Waals surface area contributed by atoms with Gasteiger partial charge in [-0.15, -0.1) is 0 Å². The molecule has 0 unspecified atom stereocenters. The zero-order chi connectivity index (χ0) is 17.1. The topological polar surface area (TPSA) is 58.7 Å². The molecule has 5 heteroatoms. The average Bonchev–Trinajstić information content (AvgIpc) is 3.02. The van der Waals surface area contributed by atoms with Crippen molar-refractivity contribution in [1.29, 1.82) is 0 Å². The van der Waals surface area contributed by atoms with Crippen LogP contribution in [0.3, 0.4) is 0 Å². The number of hydrogen-bond acceptors (Lipinski definition) is 5. The van der Waals surface area contributed by atoms with E-state index in [1.54, 1.807) is 0 Å². The average molecular weight is 336 g/mol. The van der Waals surface area contributed by atoms with Crippen LogP contribution in [0.1, 0.15) is 16.9 Å². The Balaban J connectivity index is 1.50. The van der Waals surface area contributed by atoms with E-state index < -0.39 is 0 Å². The first-order chi connectivity index (χ1) is 12.3. The zero-order valence-electron chi connectivity index (χ0n) is 13.9. The number of aliphatic hydroxyl groups excluding tert-OH is 1. The summed E-state index contributed by atoms with van der Waals surface area (Å²) >= 11 is 0. The van der Waals surface area contributed by atoms with Crippen molar-refractivity contribution in [2.24, 2.45) is 0 Å². The lowest BCUT2D eigenvalue weighted by atomic mass is 10.1. The smallest absolute Gasteiger partial charge is 0.151 e. The van der Waals surface area contributed by atoms with Gasteiger partial charge in [0.2, 0.25) is 0 Å². The highest BCUT2D eigenvalue weighted by Gasteiger charge is 2.18. The number of ether oxygens (including phenoxy) is 1. The van der Waals surface area contributed by atoms with Crippen molar-refractivity contribution in [3.05, 3.63) is 71.5 Å². The van der Waals surface area contributed by atoms with Crippen LogP contribution < -0.4 is 4.74 Å². The SMILES string of the molecule is OCc1ccc2c(c1)CN(Cc1cc(-c3ccccc3)no1)CCO2. The summed E-state index contributed by atoms with van der Waals surface area (Å²) in [5, 5.41) is 13.5. The Labute approximate surface area is 146 Å². The summed E-state index contributed by atoms with van der Waals surface area (Å²) in [5.74, 6) is 1.72. The Hall–Kier alpha value is -2.63. The number of benzene rings is 2. The van der Waals surface area contributed by atoms with Crippen LogP contribution in [-0.2, 0) is 19.7 Å². The Morgan fingerprint density at radius 2 is 1.96 bits per heavy atom. The standard InChI is InChI=1S/C20H20N2O3/c23-14-15-6-7-20-17(10-15)12-22(8-9-24-20)13-18-11-19(21-25-18)16-4-2-1-3-5-16/h1-7,10-11,23H,8-9,12-14H2. The molecule has 0 bridgehead atoms. The number of hydrogen-bond donors (Lipinski definition) is 1. The van der Waals surface area contributed by atoms with Crippen molar-refractivity contribution in [2.75, 3.05) is 13.2 Å². The third-order valence-electron chi connectivity index (χ3n) is 4.37. The highest BCUT2D eigenvalue weighted by Crippen LogP contribution is 2.26. The lowest BCUT2D eigenvalue weighted by molar-refractivity contribution is 0.199. The summed E-state index contributed by atoms with van der Waals surface area (Å²) in [6.07, 6.45) is 0. The van der Waals surface area contributed by atoms with Gasteiger partial charge in [0.1, 0.15) is 18.1 Å². The van der Waals surface area contributed by atoms with Crippen LogP contribution in [0.2, 0.25) is 0 Å². The minimum atomic E-state index is 0.0375. The molecule has 0 saturated heterocycles. The first-order valence-electron chi connectivity index (χ1n) is 8.40. The van der Waals surface area contributed by atoms with Crippen molar-refractivity contribution < 1.29 is 14.4 Å². The minimum absolute atomic E-state index is 0.0375. The van der Waals surface area contributed by atoms with E-state index in [1.807, 2.05) is 54.6 Å². The summed E-state index contributed by atoms with van der Waals surface area (Å²) in [5.41, 5.74) is 3.89. The van der Waals surface area contributed by atoms with E-state index in [0.29, 0.717) is 13.2 Å². The summed E-state index contributed by atoms with van der Waals surface area (Å²) < 4.78 is 11.3. The Morgan fingerprint density at radius 3 is 2.80 bits per heavy atom. The third-order valence-corrected chi connectivity index (χ3v) is 4.37. The summed E-state index contributed by atoms with van der Waals surface area (Å²) in [4.78, 5) is 2.27. The molecule has 0 fully saturated rings. The van der Waals surface area contributed by atoms with Crippen LogP contribution in [0.15, 0.2) is 59.1 Å². The third kappa shape index (κ3) is 3.57. The zero-order valence-corrected chi connectivity index (χ0v) is 13.9. The van der Waals surface area contributed by atoms with Crippen molar-refractivity contribution in [3.8, 4) is 17.0 Å². The van der Waals surface area contributed by atoms with E-state index in [9.17, 15) is 5.11 Å². The van der Waals surface area contributed by atoms with E-state index in [-0.39, 0.29) is 6.61 Å². The second kappa shape index (κ2) is 7.09. The van der Waals surface area contributed by atoms with Crippen LogP contribution in [0.25, 0.3) is 11.3 Å². The Morgan fingerprint density at radius 1 is 1.08 bits per heavy atom. The fourth-order valence-electron chi connectivity index (χ4n) is 3.09. The second-order valence-corrected chi connectivity index (χ2v) is 6.20. The summed E-state index contributed by atoms with van der Waals surface area (Å²) in [6.45, 7) is 2.90. The highest BCUT2D eigenvalue weighted by atomic mass is 16.5. The predicted molar refractivity (Wildman–Crippen MR) is 93.9 cm³/mol. The van der Waals surface area contributed by atoms with Crippen LogP contribution in [-0.4, -0.2) is 28.3 Å². The molecule has 5 nitrogen and oxygen atoms in total. The van der Waals surface area contributed by atoms with E-state index in [4.69, 9.17) is 9.26 Å². The lowest BCUT2D eigenvalue weighted by Gasteiger charge is -2.17. The van der Waals surface area contributed by atoms with Gasteiger partial charge in [-0.1, -0.05) is 41.6 Å². The predicted octanol–water partition coefficient (Wildman–Crippen LogP) is 3.23.